The van der Waals surface area contributed by atoms with Gasteiger partial charge in [-0.3, -0.25) is 9.59 Å². The van der Waals surface area contributed by atoms with Crippen molar-refractivity contribution in [3.63, 3.8) is 0 Å². The van der Waals surface area contributed by atoms with Gasteiger partial charge in [0, 0.05) is 17.3 Å². The van der Waals surface area contributed by atoms with Gasteiger partial charge in [-0.2, -0.15) is 0 Å². The van der Waals surface area contributed by atoms with Crippen molar-refractivity contribution in [2.24, 2.45) is 0 Å². The summed E-state index contributed by atoms with van der Waals surface area (Å²) < 4.78 is 0. The molecule has 0 aliphatic rings. The van der Waals surface area contributed by atoms with E-state index in [0.717, 1.165) is 6.08 Å². The molecule has 0 saturated carbocycles. The van der Waals surface area contributed by atoms with Gasteiger partial charge in [-0.25, -0.2) is 0 Å². The first kappa shape index (κ1) is 15.8. The summed E-state index contributed by atoms with van der Waals surface area (Å²) in [6.45, 7) is 0. The molecule has 0 radical (unpaired) electrons. The standard InChI is InChI=1S/C17H14ClNO3/c18-13-7-4-8-14(19)17(13)16(22)10-12(20)9-15(21)11-5-2-1-3-6-11/h1-8,10,22H,9,19H2/b16-10-. The van der Waals surface area contributed by atoms with Crippen LogP contribution in [0.2, 0.25) is 5.02 Å². The quantitative estimate of drug-likeness (QED) is 0.290. The van der Waals surface area contributed by atoms with Crippen LogP contribution < -0.4 is 5.73 Å². The van der Waals surface area contributed by atoms with Crippen LogP contribution in [-0.4, -0.2) is 16.7 Å². The normalized spacial score (nSPS) is 11.2. The summed E-state index contributed by atoms with van der Waals surface area (Å²) in [6, 6.07) is 13.2. The number of ketones is 2. The minimum Gasteiger partial charge on any atom is -0.507 e. The molecule has 5 heteroatoms. The van der Waals surface area contributed by atoms with E-state index >= 15 is 0 Å². The summed E-state index contributed by atoms with van der Waals surface area (Å²) >= 11 is 5.95. The Labute approximate surface area is 132 Å². The van der Waals surface area contributed by atoms with Crippen molar-refractivity contribution in [2.45, 2.75) is 6.42 Å². The van der Waals surface area contributed by atoms with Crippen LogP contribution in [0, 0.1) is 0 Å². The van der Waals surface area contributed by atoms with E-state index in [2.05, 4.69) is 0 Å². The first-order valence-corrected chi connectivity index (χ1v) is 6.93. The second-order valence-electron chi connectivity index (χ2n) is 4.67. The van der Waals surface area contributed by atoms with Gasteiger partial charge in [0.2, 0.25) is 0 Å². The SMILES string of the molecule is Nc1cccc(Cl)c1/C(O)=C/C(=O)CC(=O)c1ccccc1. The lowest BCUT2D eigenvalue weighted by atomic mass is 10.0. The highest BCUT2D eigenvalue weighted by Crippen LogP contribution is 2.27. The number of Topliss-reactive ketones (excluding diaryl/α,β-unsaturated/α-hetero) is 1. The fraction of sp³-hybridized carbons (Fsp3) is 0.0588. The highest BCUT2D eigenvalue weighted by atomic mass is 35.5. The minimum absolute atomic E-state index is 0.185. The van der Waals surface area contributed by atoms with Crippen molar-refractivity contribution in [1.82, 2.24) is 0 Å². The lowest BCUT2D eigenvalue weighted by Gasteiger charge is -2.06. The maximum atomic E-state index is 11.9. The lowest BCUT2D eigenvalue weighted by molar-refractivity contribution is -0.113. The Bertz CT molecular complexity index is 719. The third kappa shape index (κ3) is 3.74. The highest BCUT2D eigenvalue weighted by molar-refractivity contribution is 6.33. The number of carbonyl (C=O) groups excluding carboxylic acids is 2. The molecule has 0 bridgehead atoms. The number of carbonyl (C=O) groups is 2. The second-order valence-corrected chi connectivity index (χ2v) is 5.07. The van der Waals surface area contributed by atoms with E-state index in [1.54, 1.807) is 48.5 Å². The van der Waals surface area contributed by atoms with Crippen LogP contribution >= 0.6 is 11.6 Å². The molecule has 2 rings (SSSR count). The lowest BCUT2D eigenvalue weighted by Crippen LogP contribution is -2.07. The van der Waals surface area contributed by atoms with E-state index in [0.29, 0.717) is 5.56 Å². The van der Waals surface area contributed by atoms with Crippen molar-refractivity contribution in [3.8, 4) is 0 Å². The van der Waals surface area contributed by atoms with Gasteiger partial charge >= 0.3 is 0 Å². The molecule has 0 aliphatic carbocycles. The van der Waals surface area contributed by atoms with Crippen molar-refractivity contribution in [3.05, 3.63) is 70.8 Å². The number of hydrogen-bond donors (Lipinski definition) is 2. The predicted molar refractivity (Wildman–Crippen MR) is 86.9 cm³/mol. The summed E-state index contributed by atoms with van der Waals surface area (Å²) in [4.78, 5) is 23.8. The van der Waals surface area contributed by atoms with E-state index < -0.39 is 5.78 Å². The Balaban J connectivity index is 2.15. The van der Waals surface area contributed by atoms with Crippen LogP contribution in [0.3, 0.4) is 0 Å². The molecular weight excluding hydrogens is 302 g/mol. The minimum atomic E-state index is -0.523. The molecule has 0 heterocycles. The van der Waals surface area contributed by atoms with Crippen LogP contribution in [-0.2, 0) is 4.79 Å². The molecule has 0 unspecified atom stereocenters. The first-order chi connectivity index (χ1) is 10.5. The van der Waals surface area contributed by atoms with Crippen LogP contribution in [0.15, 0.2) is 54.6 Å². The fourth-order valence-corrected chi connectivity index (χ4v) is 2.25. The largest absolute Gasteiger partial charge is 0.507 e. The average molecular weight is 316 g/mol. The molecule has 0 aliphatic heterocycles. The molecule has 0 amide bonds. The van der Waals surface area contributed by atoms with Gasteiger partial charge in [0.1, 0.15) is 5.76 Å². The molecule has 4 nitrogen and oxygen atoms in total. The molecular formula is C17H14ClNO3. The highest BCUT2D eigenvalue weighted by Gasteiger charge is 2.14. The zero-order valence-corrected chi connectivity index (χ0v) is 12.4. The van der Waals surface area contributed by atoms with Gasteiger partial charge < -0.3 is 10.8 Å². The average Bonchev–Trinajstić information content (AvgIpc) is 2.47. The maximum absolute atomic E-state index is 11.9. The molecule has 0 fully saturated rings. The summed E-state index contributed by atoms with van der Waals surface area (Å²) in [5, 5.41) is 10.2. The number of aliphatic hydroxyl groups is 1. The number of nitrogen functional groups attached to an aromatic ring is 1. The molecule has 3 N–H and O–H groups in total. The topological polar surface area (TPSA) is 80.4 Å². The van der Waals surface area contributed by atoms with E-state index in [-0.39, 0.29) is 34.2 Å². The summed E-state index contributed by atoms with van der Waals surface area (Å²) in [6.07, 6.45) is 0.636. The maximum Gasteiger partial charge on any atom is 0.170 e. The molecule has 0 spiro atoms. The molecule has 0 saturated heterocycles. The molecule has 22 heavy (non-hydrogen) atoms. The van der Waals surface area contributed by atoms with Crippen LogP contribution in [0.5, 0.6) is 0 Å². The third-order valence-corrected chi connectivity index (χ3v) is 3.35. The number of anilines is 1. The number of aliphatic hydroxyl groups excluding tert-OH is 1. The van der Waals surface area contributed by atoms with Crippen LogP contribution in [0.1, 0.15) is 22.3 Å². The number of hydrogen-bond acceptors (Lipinski definition) is 4. The van der Waals surface area contributed by atoms with E-state index in [1.807, 2.05) is 0 Å². The number of nitrogens with two attached hydrogens (primary N) is 1. The number of halogens is 1. The number of rotatable bonds is 5. The van der Waals surface area contributed by atoms with E-state index in [1.165, 1.54) is 0 Å². The summed E-state index contributed by atoms with van der Waals surface area (Å²) in [7, 11) is 0. The molecule has 2 aromatic rings. The van der Waals surface area contributed by atoms with Crippen molar-refractivity contribution >= 4 is 34.6 Å². The van der Waals surface area contributed by atoms with Gasteiger partial charge in [-0.05, 0) is 12.1 Å². The Morgan fingerprint density at radius 2 is 1.77 bits per heavy atom. The van der Waals surface area contributed by atoms with Crippen molar-refractivity contribution in [2.75, 3.05) is 5.73 Å². The van der Waals surface area contributed by atoms with Crippen LogP contribution in [0.25, 0.3) is 5.76 Å². The molecule has 0 atom stereocenters. The Morgan fingerprint density at radius 3 is 2.41 bits per heavy atom. The van der Waals surface area contributed by atoms with Gasteiger partial charge in [-0.15, -0.1) is 0 Å². The van der Waals surface area contributed by atoms with Crippen molar-refractivity contribution in [1.29, 1.82) is 0 Å². The zero-order chi connectivity index (χ0) is 16.1. The predicted octanol–water partition coefficient (Wildman–Crippen LogP) is 3.66. The Kier molecular flexibility index (Phi) is 4.96. The van der Waals surface area contributed by atoms with Gasteiger partial charge in [0.15, 0.2) is 11.6 Å². The molecule has 112 valence electrons. The Morgan fingerprint density at radius 1 is 1.09 bits per heavy atom. The monoisotopic (exact) mass is 315 g/mol. The van der Waals surface area contributed by atoms with E-state index in [4.69, 9.17) is 17.3 Å². The Hall–Kier alpha value is -2.59. The van der Waals surface area contributed by atoms with Gasteiger partial charge in [0.05, 0.1) is 17.0 Å². The second kappa shape index (κ2) is 6.91. The van der Waals surface area contributed by atoms with Crippen LogP contribution in [0.4, 0.5) is 5.69 Å². The summed E-state index contributed by atoms with van der Waals surface area (Å²) in [5.74, 6) is -1.19. The zero-order valence-electron chi connectivity index (χ0n) is 11.6. The van der Waals surface area contributed by atoms with Crippen molar-refractivity contribution < 1.29 is 14.7 Å². The third-order valence-electron chi connectivity index (χ3n) is 3.03. The van der Waals surface area contributed by atoms with E-state index in [9.17, 15) is 14.7 Å². The van der Waals surface area contributed by atoms with Gasteiger partial charge in [-0.1, -0.05) is 48.0 Å². The number of benzene rings is 2. The molecule has 0 aromatic heterocycles. The summed E-state index contributed by atoms with van der Waals surface area (Å²) in [5.41, 5.74) is 6.61. The number of allylic oxidation sites excluding steroid dienone is 1. The fourth-order valence-electron chi connectivity index (χ4n) is 1.97. The molecule has 2 aromatic carbocycles. The van der Waals surface area contributed by atoms with Gasteiger partial charge in [0.25, 0.3) is 0 Å². The smallest absolute Gasteiger partial charge is 0.170 e. The first-order valence-electron chi connectivity index (χ1n) is 6.55.